The van der Waals surface area contributed by atoms with Gasteiger partial charge in [0.05, 0.1) is 18.8 Å². The van der Waals surface area contributed by atoms with Crippen molar-refractivity contribution >= 4 is 22.4 Å². The van der Waals surface area contributed by atoms with Crippen molar-refractivity contribution in [3.8, 4) is 0 Å². The Balaban J connectivity index is 2.18. The van der Waals surface area contributed by atoms with Gasteiger partial charge >= 0.3 is 0 Å². The predicted molar refractivity (Wildman–Crippen MR) is 60.8 cm³/mol. The lowest BCUT2D eigenvalue weighted by molar-refractivity contribution is -0.116. The molecule has 0 bridgehead atoms. The number of benzene rings is 1. The van der Waals surface area contributed by atoms with E-state index in [1.165, 1.54) is 0 Å². The van der Waals surface area contributed by atoms with E-state index in [4.69, 9.17) is 5.73 Å². The maximum absolute atomic E-state index is 11.0. The lowest BCUT2D eigenvalue weighted by Crippen LogP contribution is -2.22. The lowest BCUT2D eigenvalue weighted by Gasteiger charge is -2.02. The number of aromatic amines is 1. The van der Waals surface area contributed by atoms with Crippen LogP contribution < -0.4 is 11.1 Å². The molecule has 2 aromatic rings. The highest BCUT2D eigenvalue weighted by molar-refractivity contribution is 5.94. The fourth-order valence-electron chi connectivity index (χ4n) is 1.48. The largest absolute Gasteiger partial charge is 0.376 e. The van der Waals surface area contributed by atoms with Crippen LogP contribution in [0.3, 0.4) is 0 Å². The molecule has 0 amide bonds. The quantitative estimate of drug-likeness (QED) is 0.697. The molecule has 0 radical (unpaired) electrons. The molecule has 1 heterocycles. The molecular weight excluding hydrogens is 190 g/mol. The van der Waals surface area contributed by atoms with Gasteiger partial charge in [-0.15, -0.1) is 0 Å². The van der Waals surface area contributed by atoms with Crippen LogP contribution in [0.25, 0.3) is 10.9 Å². The molecule has 1 aromatic carbocycles. The highest BCUT2D eigenvalue weighted by Crippen LogP contribution is 2.21. The van der Waals surface area contributed by atoms with Gasteiger partial charge in [0.1, 0.15) is 0 Å². The van der Waals surface area contributed by atoms with Crippen molar-refractivity contribution < 1.29 is 4.79 Å². The van der Waals surface area contributed by atoms with Gasteiger partial charge in [-0.25, -0.2) is 0 Å². The van der Waals surface area contributed by atoms with Gasteiger partial charge in [-0.05, 0) is 6.07 Å². The van der Waals surface area contributed by atoms with Gasteiger partial charge in [-0.1, -0.05) is 18.2 Å². The zero-order valence-corrected chi connectivity index (χ0v) is 8.29. The van der Waals surface area contributed by atoms with Crippen LogP contribution in [-0.2, 0) is 4.79 Å². The predicted octanol–water partition coefficient (Wildman–Crippen LogP) is 1.11. The van der Waals surface area contributed by atoms with Crippen molar-refractivity contribution in [2.75, 3.05) is 18.4 Å². The van der Waals surface area contributed by atoms with E-state index in [2.05, 4.69) is 10.3 Å². The Labute approximate surface area is 87.5 Å². The van der Waals surface area contributed by atoms with E-state index in [1.54, 1.807) is 0 Å². The number of carbonyl (C=O) groups is 1. The molecule has 4 nitrogen and oxygen atoms in total. The molecule has 2 rings (SSSR count). The summed E-state index contributed by atoms with van der Waals surface area (Å²) in [5, 5.41) is 4.14. The molecular formula is C11H13N3O. The smallest absolute Gasteiger partial charge is 0.165 e. The summed E-state index contributed by atoms with van der Waals surface area (Å²) in [5.74, 6) is 0.000260. The van der Waals surface area contributed by atoms with Gasteiger partial charge in [-0.3, -0.25) is 4.79 Å². The Morgan fingerprint density at radius 3 is 3.00 bits per heavy atom. The molecule has 4 N–H and O–H groups in total. The molecule has 0 unspecified atom stereocenters. The summed E-state index contributed by atoms with van der Waals surface area (Å²) in [4.78, 5) is 14.2. The maximum atomic E-state index is 11.0. The molecule has 15 heavy (non-hydrogen) atoms. The highest BCUT2D eigenvalue weighted by atomic mass is 16.1. The van der Waals surface area contributed by atoms with Crippen molar-refractivity contribution in [1.29, 1.82) is 0 Å². The number of ketones is 1. The summed E-state index contributed by atoms with van der Waals surface area (Å²) < 4.78 is 0. The minimum absolute atomic E-state index is 0.000260. The minimum Gasteiger partial charge on any atom is -0.376 e. The van der Waals surface area contributed by atoms with Gasteiger partial charge in [0.15, 0.2) is 5.78 Å². The number of rotatable bonds is 4. The first-order chi connectivity index (χ1) is 7.31. The number of nitrogens with two attached hydrogens (primary N) is 1. The van der Waals surface area contributed by atoms with E-state index in [1.807, 2.05) is 30.5 Å². The average molecular weight is 203 g/mol. The van der Waals surface area contributed by atoms with Gasteiger partial charge in [0.25, 0.3) is 0 Å². The molecule has 78 valence electrons. The van der Waals surface area contributed by atoms with Crippen LogP contribution in [0.5, 0.6) is 0 Å². The molecule has 0 spiro atoms. The SMILES string of the molecule is NCC(=O)CNc1c[nH]c2ccccc12. The van der Waals surface area contributed by atoms with Crippen LogP contribution >= 0.6 is 0 Å². The molecule has 0 atom stereocenters. The standard InChI is InChI=1S/C11H13N3O/c12-5-8(15)6-13-11-7-14-10-4-2-1-3-9(10)11/h1-4,7,13-14H,5-6,12H2. The number of hydrogen-bond acceptors (Lipinski definition) is 3. The second-order valence-electron chi connectivity index (χ2n) is 3.34. The number of hydrogen-bond donors (Lipinski definition) is 3. The van der Waals surface area contributed by atoms with Crippen LogP contribution in [-0.4, -0.2) is 23.9 Å². The summed E-state index contributed by atoms with van der Waals surface area (Å²) in [6.07, 6.45) is 1.86. The first kappa shape index (κ1) is 9.73. The summed E-state index contributed by atoms with van der Waals surface area (Å²) in [6, 6.07) is 7.92. The van der Waals surface area contributed by atoms with E-state index in [0.717, 1.165) is 16.6 Å². The van der Waals surface area contributed by atoms with E-state index in [-0.39, 0.29) is 18.9 Å². The van der Waals surface area contributed by atoms with Crippen molar-refractivity contribution in [2.45, 2.75) is 0 Å². The molecule has 0 fully saturated rings. The lowest BCUT2D eigenvalue weighted by atomic mass is 10.2. The van der Waals surface area contributed by atoms with Gasteiger partial charge in [0, 0.05) is 17.1 Å². The number of para-hydroxylation sites is 1. The van der Waals surface area contributed by atoms with Gasteiger partial charge in [-0.2, -0.15) is 0 Å². The van der Waals surface area contributed by atoms with Gasteiger partial charge in [0.2, 0.25) is 0 Å². The molecule has 4 heteroatoms. The maximum Gasteiger partial charge on any atom is 0.165 e. The van der Waals surface area contributed by atoms with Gasteiger partial charge < -0.3 is 16.0 Å². The molecule has 1 aromatic heterocycles. The number of anilines is 1. The molecule has 0 aliphatic heterocycles. The Kier molecular flexibility index (Phi) is 2.69. The third-order valence-corrected chi connectivity index (χ3v) is 2.29. The topological polar surface area (TPSA) is 70.9 Å². The molecule has 0 aliphatic carbocycles. The van der Waals surface area contributed by atoms with E-state index in [9.17, 15) is 4.79 Å². The molecule has 0 saturated heterocycles. The molecule has 0 aliphatic rings. The zero-order valence-electron chi connectivity index (χ0n) is 8.29. The second-order valence-corrected chi connectivity index (χ2v) is 3.34. The first-order valence-electron chi connectivity index (χ1n) is 4.83. The Hall–Kier alpha value is -1.81. The second kappa shape index (κ2) is 4.14. The Morgan fingerprint density at radius 2 is 2.20 bits per heavy atom. The fourth-order valence-corrected chi connectivity index (χ4v) is 1.48. The third kappa shape index (κ3) is 1.99. The zero-order chi connectivity index (χ0) is 10.7. The Bertz CT molecular complexity index is 475. The van der Waals surface area contributed by atoms with Crippen molar-refractivity contribution in [3.63, 3.8) is 0 Å². The number of H-pyrrole nitrogens is 1. The number of fused-ring (bicyclic) bond motifs is 1. The van der Waals surface area contributed by atoms with Crippen LogP contribution in [0.2, 0.25) is 0 Å². The summed E-state index contributed by atoms with van der Waals surface area (Å²) in [6.45, 7) is 0.355. The number of carbonyl (C=O) groups excluding carboxylic acids is 1. The third-order valence-electron chi connectivity index (χ3n) is 2.29. The van der Waals surface area contributed by atoms with Crippen LogP contribution in [0.4, 0.5) is 5.69 Å². The Morgan fingerprint density at radius 1 is 1.40 bits per heavy atom. The number of aromatic nitrogens is 1. The van der Waals surface area contributed by atoms with E-state index < -0.39 is 0 Å². The summed E-state index contributed by atoms with van der Waals surface area (Å²) in [7, 11) is 0. The van der Waals surface area contributed by atoms with E-state index >= 15 is 0 Å². The average Bonchev–Trinajstić information content (AvgIpc) is 2.69. The monoisotopic (exact) mass is 203 g/mol. The van der Waals surface area contributed by atoms with Crippen LogP contribution in [0, 0.1) is 0 Å². The number of nitrogens with one attached hydrogen (secondary N) is 2. The van der Waals surface area contributed by atoms with Crippen molar-refractivity contribution in [1.82, 2.24) is 4.98 Å². The van der Waals surface area contributed by atoms with E-state index in [0.29, 0.717) is 0 Å². The van der Waals surface area contributed by atoms with Crippen LogP contribution in [0.1, 0.15) is 0 Å². The highest BCUT2D eigenvalue weighted by Gasteiger charge is 2.03. The summed E-state index contributed by atoms with van der Waals surface area (Å²) >= 11 is 0. The minimum atomic E-state index is 0.000260. The van der Waals surface area contributed by atoms with Crippen LogP contribution in [0.15, 0.2) is 30.5 Å². The summed E-state index contributed by atoms with van der Waals surface area (Å²) in [5.41, 5.74) is 7.22. The van der Waals surface area contributed by atoms with Crippen molar-refractivity contribution in [2.24, 2.45) is 5.73 Å². The van der Waals surface area contributed by atoms with Crippen molar-refractivity contribution in [3.05, 3.63) is 30.5 Å². The fraction of sp³-hybridized carbons (Fsp3) is 0.182. The normalized spacial score (nSPS) is 10.5. The molecule has 0 saturated carbocycles. The first-order valence-corrected chi connectivity index (χ1v) is 4.83. The number of Topliss-reactive ketones (excluding diaryl/α,β-unsaturated/α-hetero) is 1.